The van der Waals surface area contributed by atoms with Gasteiger partial charge in [-0.1, -0.05) is 5.92 Å². The van der Waals surface area contributed by atoms with Crippen LogP contribution in [0.1, 0.15) is 19.8 Å². The van der Waals surface area contributed by atoms with Crippen LogP contribution in [-0.4, -0.2) is 11.7 Å². The number of aliphatic hydroxyl groups excluding tert-OH is 1. The largest absolute Gasteiger partial charge is 0.396 e. The fourth-order valence-electron chi connectivity index (χ4n) is 0.971. The summed E-state index contributed by atoms with van der Waals surface area (Å²) in [6, 6.07) is 0. The average molecular weight is 190 g/mol. The molecule has 14 heavy (non-hydrogen) atoms. The van der Waals surface area contributed by atoms with Gasteiger partial charge < -0.3 is 5.11 Å². The topological polar surface area (TPSA) is 20.2 Å². The van der Waals surface area contributed by atoms with E-state index in [0.717, 1.165) is 5.57 Å². The highest BCUT2D eigenvalue weighted by Gasteiger charge is 2.13. The highest BCUT2D eigenvalue weighted by Crippen LogP contribution is 2.26. The minimum atomic E-state index is -0.257. The van der Waals surface area contributed by atoms with E-state index < -0.39 is 0 Å². The van der Waals surface area contributed by atoms with E-state index in [1.54, 1.807) is 0 Å². The number of allylic oxidation sites excluding steroid dienone is 4. The molecular formula is C12H11FO. The van der Waals surface area contributed by atoms with Gasteiger partial charge in [-0.05, 0) is 42.8 Å². The molecule has 0 aromatic carbocycles. The average Bonchev–Trinajstić information content (AvgIpc) is 2.16. The maximum absolute atomic E-state index is 12.7. The van der Waals surface area contributed by atoms with Crippen molar-refractivity contribution in [3.8, 4) is 23.7 Å². The summed E-state index contributed by atoms with van der Waals surface area (Å²) in [5.41, 5.74) is 1.33. The third-order valence-corrected chi connectivity index (χ3v) is 1.77. The molecule has 0 heterocycles. The summed E-state index contributed by atoms with van der Waals surface area (Å²) >= 11 is 0. The molecule has 0 amide bonds. The van der Waals surface area contributed by atoms with Crippen molar-refractivity contribution in [1.82, 2.24) is 0 Å². The van der Waals surface area contributed by atoms with E-state index in [-0.39, 0.29) is 12.4 Å². The quantitative estimate of drug-likeness (QED) is 0.521. The molecule has 0 fully saturated rings. The van der Waals surface area contributed by atoms with Crippen LogP contribution < -0.4 is 0 Å². The van der Waals surface area contributed by atoms with Crippen LogP contribution in [0.25, 0.3) is 0 Å². The smallest absolute Gasteiger partial charge is 0.139 e. The van der Waals surface area contributed by atoms with Gasteiger partial charge in [0.2, 0.25) is 0 Å². The molecule has 72 valence electrons. The van der Waals surface area contributed by atoms with Gasteiger partial charge in [0, 0.05) is 13.0 Å². The van der Waals surface area contributed by atoms with Crippen LogP contribution in [0.3, 0.4) is 0 Å². The predicted octanol–water partition coefficient (Wildman–Crippen LogP) is 1.95. The van der Waals surface area contributed by atoms with Crippen molar-refractivity contribution in [1.29, 1.82) is 0 Å². The van der Waals surface area contributed by atoms with Crippen molar-refractivity contribution in [3.05, 3.63) is 23.0 Å². The third kappa shape index (κ3) is 2.76. The number of unbranched alkanes of at least 4 members (excludes halogenated alkanes) is 1. The van der Waals surface area contributed by atoms with Crippen molar-refractivity contribution in [2.75, 3.05) is 6.61 Å². The van der Waals surface area contributed by atoms with E-state index in [9.17, 15) is 4.39 Å². The monoisotopic (exact) mass is 190 g/mol. The van der Waals surface area contributed by atoms with Crippen molar-refractivity contribution in [2.24, 2.45) is 0 Å². The Balaban J connectivity index is 2.40. The van der Waals surface area contributed by atoms with Gasteiger partial charge in [-0.25, -0.2) is 4.39 Å². The number of rotatable bonds is 2. The van der Waals surface area contributed by atoms with Crippen molar-refractivity contribution >= 4 is 0 Å². The van der Waals surface area contributed by atoms with E-state index in [1.165, 1.54) is 6.08 Å². The molecule has 0 aromatic rings. The molecule has 2 heteroatoms. The first-order valence-electron chi connectivity index (χ1n) is 4.44. The molecule has 1 rings (SSSR count). The maximum Gasteiger partial charge on any atom is 0.139 e. The van der Waals surface area contributed by atoms with Crippen molar-refractivity contribution in [2.45, 2.75) is 19.8 Å². The highest BCUT2D eigenvalue weighted by molar-refractivity contribution is 5.59. The Morgan fingerprint density at radius 2 is 2.21 bits per heavy atom. The van der Waals surface area contributed by atoms with Gasteiger partial charge in [-0.2, -0.15) is 0 Å². The summed E-state index contributed by atoms with van der Waals surface area (Å²) in [4.78, 5) is 0. The van der Waals surface area contributed by atoms with Crippen LogP contribution in [0.5, 0.6) is 0 Å². The van der Waals surface area contributed by atoms with E-state index in [2.05, 4.69) is 23.7 Å². The fraction of sp³-hybridized carbons (Fsp3) is 0.333. The van der Waals surface area contributed by atoms with Gasteiger partial charge in [0.15, 0.2) is 0 Å². The standard InChI is InChI=1S/C12H11FO/c1-10-9-12(13)11(10)7-5-3-2-4-6-8-14/h9,14H,4,6,8H2,1H3. The Morgan fingerprint density at radius 3 is 2.79 bits per heavy atom. The molecule has 1 aliphatic carbocycles. The van der Waals surface area contributed by atoms with E-state index in [0.29, 0.717) is 18.4 Å². The van der Waals surface area contributed by atoms with Crippen LogP contribution in [0.2, 0.25) is 0 Å². The molecule has 0 bridgehead atoms. The molecule has 0 unspecified atom stereocenters. The highest BCUT2D eigenvalue weighted by atomic mass is 19.1. The first-order valence-corrected chi connectivity index (χ1v) is 4.44. The number of halogens is 1. The zero-order valence-electron chi connectivity index (χ0n) is 8.02. The lowest BCUT2D eigenvalue weighted by molar-refractivity contribution is 0.290. The Kier molecular flexibility index (Phi) is 3.98. The first kappa shape index (κ1) is 10.6. The molecule has 0 aliphatic heterocycles. The third-order valence-electron chi connectivity index (χ3n) is 1.77. The lowest BCUT2D eigenvalue weighted by atomic mass is 9.98. The molecular weight excluding hydrogens is 179 g/mol. The predicted molar refractivity (Wildman–Crippen MR) is 53.8 cm³/mol. The van der Waals surface area contributed by atoms with Crippen molar-refractivity contribution in [3.63, 3.8) is 0 Å². The van der Waals surface area contributed by atoms with Gasteiger partial charge in [0.25, 0.3) is 0 Å². The second-order valence-electron chi connectivity index (χ2n) is 2.93. The Hall–Kier alpha value is -1.51. The molecule has 0 radical (unpaired) electrons. The van der Waals surface area contributed by atoms with E-state index in [4.69, 9.17) is 5.11 Å². The summed E-state index contributed by atoms with van der Waals surface area (Å²) in [7, 11) is 0. The summed E-state index contributed by atoms with van der Waals surface area (Å²) in [6.07, 6.45) is 2.73. The van der Waals surface area contributed by atoms with Gasteiger partial charge in [0.1, 0.15) is 5.83 Å². The molecule has 0 saturated heterocycles. The summed E-state index contributed by atoms with van der Waals surface area (Å²) in [5.74, 6) is 10.3. The van der Waals surface area contributed by atoms with E-state index in [1.807, 2.05) is 6.92 Å². The lowest BCUT2D eigenvalue weighted by Gasteiger charge is -2.08. The number of hydrogen-bond donors (Lipinski definition) is 1. The van der Waals surface area contributed by atoms with Gasteiger partial charge in [-0.3, -0.25) is 0 Å². The molecule has 1 nitrogen and oxygen atoms in total. The number of aliphatic hydroxyl groups is 1. The van der Waals surface area contributed by atoms with Crippen LogP contribution >= 0.6 is 0 Å². The second-order valence-corrected chi connectivity index (χ2v) is 2.93. The Bertz CT molecular complexity index is 394. The second kappa shape index (κ2) is 5.27. The normalized spacial score (nSPS) is 13.2. The van der Waals surface area contributed by atoms with Crippen LogP contribution in [0, 0.1) is 23.7 Å². The molecule has 0 atom stereocenters. The zero-order valence-corrected chi connectivity index (χ0v) is 8.02. The fourth-order valence-corrected chi connectivity index (χ4v) is 0.971. The first-order chi connectivity index (χ1) is 6.75. The lowest BCUT2D eigenvalue weighted by Crippen LogP contribution is -1.95. The summed E-state index contributed by atoms with van der Waals surface area (Å²) < 4.78 is 12.7. The van der Waals surface area contributed by atoms with Gasteiger partial charge >= 0.3 is 0 Å². The summed E-state index contributed by atoms with van der Waals surface area (Å²) in [5, 5.41) is 8.46. The zero-order chi connectivity index (χ0) is 10.4. The van der Waals surface area contributed by atoms with Crippen LogP contribution in [0.15, 0.2) is 23.0 Å². The number of hydrogen-bond acceptors (Lipinski definition) is 1. The molecule has 1 aliphatic rings. The van der Waals surface area contributed by atoms with Crippen LogP contribution in [-0.2, 0) is 0 Å². The molecule has 1 N–H and O–H groups in total. The molecule has 0 spiro atoms. The Labute approximate surface area is 83.3 Å². The Morgan fingerprint density at radius 1 is 1.43 bits per heavy atom. The van der Waals surface area contributed by atoms with Gasteiger partial charge in [-0.15, -0.1) is 0 Å². The minimum absolute atomic E-state index is 0.143. The maximum atomic E-state index is 12.7. The minimum Gasteiger partial charge on any atom is -0.396 e. The summed E-state index contributed by atoms with van der Waals surface area (Å²) in [6.45, 7) is 1.95. The molecule has 0 aromatic heterocycles. The van der Waals surface area contributed by atoms with Gasteiger partial charge in [0.05, 0.1) is 5.57 Å². The van der Waals surface area contributed by atoms with E-state index >= 15 is 0 Å². The SMILES string of the molecule is CC1=CC(F)=C1C#CC#CCCCO. The van der Waals surface area contributed by atoms with Crippen molar-refractivity contribution < 1.29 is 9.50 Å². The molecule has 0 saturated carbocycles. The van der Waals surface area contributed by atoms with Crippen LogP contribution in [0.4, 0.5) is 4.39 Å².